The number of hydrogen-bond acceptors (Lipinski definition) is 11. The van der Waals surface area contributed by atoms with Crippen molar-refractivity contribution in [1.29, 1.82) is 0 Å². The van der Waals surface area contributed by atoms with Gasteiger partial charge < -0.3 is 28.4 Å². The van der Waals surface area contributed by atoms with E-state index in [9.17, 15) is 19.2 Å². The molecule has 11 nitrogen and oxygen atoms in total. The van der Waals surface area contributed by atoms with Gasteiger partial charge in [-0.25, -0.2) is 19.2 Å². The van der Waals surface area contributed by atoms with Gasteiger partial charge in [0.1, 0.15) is 22.8 Å². The van der Waals surface area contributed by atoms with E-state index in [4.69, 9.17) is 28.4 Å². The highest BCUT2D eigenvalue weighted by Gasteiger charge is 2.16. The first-order valence-corrected chi connectivity index (χ1v) is 16.5. The van der Waals surface area contributed by atoms with Crippen molar-refractivity contribution in [2.75, 3.05) is 33.5 Å². The molecule has 3 aromatic carbocycles. The van der Waals surface area contributed by atoms with E-state index in [0.717, 1.165) is 67.6 Å². The third-order valence-electron chi connectivity index (χ3n) is 7.05. The largest absolute Gasteiger partial charge is 0.494 e. The Morgan fingerprint density at radius 1 is 0.647 bits per heavy atom. The Morgan fingerprint density at radius 2 is 1.18 bits per heavy atom. The van der Waals surface area contributed by atoms with Gasteiger partial charge in [-0.2, -0.15) is 0 Å². The molecule has 51 heavy (non-hydrogen) atoms. The number of hydrogen-bond donors (Lipinski definition) is 0. The van der Waals surface area contributed by atoms with E-state index in [1.54, 1.807) is 42.6 Å². The van der Waals surface area contributed by atoms with Gasteiger partial charge in [-0.05, 0) is 110 Å². The summed E-state index contributed by atoms with van der Waals surface area (Å²) in [6.07, 6.45) is 11.7. The minimum Gasteiger partial charge on any atom is -0.494 e. The van der Waals surface area contributed by atoms with Crippen molar-refractivity contribution in [2.45, 2.75) is 38.5 Å². The lowest BCUT2D eigenvalue weighted by atomic mass is 10.1. The maximum Gasteiger partial charge on any atom is 0.341 e. The van der Waals surface area contributed by atoms with Gasteiger partial charge in [-0.15, -0.1) is 0 Å². The number of ether oxygens (including phenoxy) is 6. The van der Waals surface area contributed by atoms with Crippen molar-refractivity contribution in [1.82, 2.24) is 0 Å². The van der Waals surface area contributed by atoms with Crippen molar-refractivity contribution in [3.8, 4) is 17.2 Å². The Hall–Kier alpha value is -5.97. The SMILES string of the molecule is C=CC(=O)OCCCCCOc1ccc(C=CC(=O)Oc2ccc(N=Cc3ccc(OCCCCCOC(=O)C=C)cc3)cc2C(=O)OC)cc1. The predicted molar refractivity (Wildman–Crippen MR) is 194 cm³/mol. The quantitative estimate of drug-likeness (QED) is 0.0261. The average molecular weight is 698 g/mol. The summed E-state index contributed by atoms with van der Waals surface area (Å²) in [5.74, 6) is -0.743. The van der Waals surface area contributed by atoms with Gasteiger partial charge in [0.25, 0.3) is 0 Å². The van der Waals surface area contributed by atoms with Crippen LogP contribution in [0.25, 0.3) is 6.08 Å². The van der Waals surface area contributed by atoms with Crippen molar-refractivity contribution in [3.05, 3.63) is 115 Å². The summed E-state index contributed by atoms with van der Waals surface area (Å²) in [4.78, 5) is 51.7. The molecule has 0 radical (unpaired) electrons. The van der Waals surface area contributed by atoms with Crippen LogP contribution in [0.15, 0.2) is 103 Å². The molecule has 0 unspecified atom stereocenters. The summed E-state index contributed by atoms with van der Waals surface area (Å²) in [7, 11) is 1.24. The molecule has 3 aromatic rings. The predicted octanol–water partition coefficient (Wildman–Crippen LogP) is 7.40. The fourth-order valence-electron chi connectivity index (χ4n) is 4.34. The zero-order valence-corrected chi connectivity index (χ0v) is 28.8. The first-order valence-electron chi connectivity index (χ1n) is 16.5. The van der Waals surface area contributed by atoms with Gasteiger partial charge in [0.2, 0.25) is 0 Å². The van der Waals surface area contributed by atoms with Crippen LogP contribution in [0, 0.1) is 0 Å². The van der Waals surface area contributed by atoms with Gasteiger partial charge in [0.15, 0.2) is 0 Å². The molecule has 0 fully saturated rings. The van der Waals surface area contributed by atoms with Crippen LogP contribution in [0.5, 0.6) is 17.2 Å². The monoisotopic (exact) mass is 697 g/mol. The van der Waals surface area contributed by atoms with Crippen LogP contribution in [0.3, 0.4) is 0 Å². The second-order valence-corrected chi connectivity index (χ2v) is 10.9. The van der Waals surface area contributed by atoms with E-state index < -0.39 is 23.9 Å². The zero-order chi connectivity index (χ0) is 36.7. The van der Waals surface area contributed by atoms with Gasteiger partial charge in [-0.1, -0.05) is 25.3 Å². The number of methoxy groups -OCH3 is 1. The maximum atomic E-state index is 12.6. The van der Waals surface area contributed by atoms with Gasteiger partial charge in [0, 0.05) is 24.4 Å². The van der Waals surface area contributed by atoms with Crippen molar-refractivity contribution in [2.24, 2.45) is 4.99 Å². The van der Waals surface area contributed by atoms with E-state index in [-0.39, 0.29) is 11.3 Å². The Labute approximate surface area is 298 Å². The van der Waals surface area contributed by atoms with Crippen LogP contribution in [0.1, 0.15) is 60.0 Å². The first-order chi connectivity index (χ1) is 24.8. The Morgan fingerprint density at radius 3 is 1.71 bits per heavy atom. The minimum atomic E-state index is -0.676. The van der Waals surface area contributed by atoms with Gasteiger partial charge >= 0.3 is 23.9 Å². The summed E-state index contributed by atoms with van der Waals surface area (Å²) < 4.78 is 31.8. The van der Waals surface area contributed by atoms with Crippen LogP contribution in [0.2, 0.25) is 0 Å². The normalized spacial score (nSPS) is 10.8. The topological polar surface area (TPSA) is 136 Å². The van der Waals surface area contributed by atoms with Crippen LogP contribution in [0.4, 0.5) is 5.69 Å². The molecule has 0 spiro atoms. The molecular formula is C40H43NO10. The molecule has 0 N–H and O–H groups in total. The molecule has 0 atom stereocenters. The third-order valence-corrected chi connectivity index (χ3v) is 7.05. The molecule has 0 aliphatic rings. The van der Waals surface area contributed by atoms with E-state index in [1.165, 1.54) is 25.3 Å². The molecule has 0 amide bonds. The highest BCUT2D eigenvalue weighted by Crippen LogP contribution is 2.26. The van der Waals surface area contributed by atoms with E-state index in [1.807, 2.05) is 24.3 Å². The third kappa shape index (κ3) is 15.4. The Kier molecular flexibility index (Phi) is 17.5. The smallest absolute Gasteiger partial charge is 0.341 e. The molecule has 0 aromatic heterocycles. The van der Waals surface area contributed by atoms with Crippen molar-refractivity contribution < 1.29 is 47.6 Å². The fraction of sp³-hybridized carbons (Fsp3) is 0.275. The highest BCUT2D eigenvalue weighted by molar-refractivity contribution is 5.96. The molecule has 0 bridgehead atoms. The molecule has 0 aliphatic heterocycles. The van der Waals surface area contributed by atoms with Crippen molar-refractivity contribution in [3.63, 3.8) is 0 Å². The van der Waals surface area contributed by atoms with Crippen LogP contribution < -0.4 is 14.2 Å². The number of benzene rings is 3. The first kappa shape index (κ1) is 39.5. The number of rotatable bonds is 22. The number of esters is 4. The number of unbranched alkanes of at least 4 members (excludes halogenated alkanes) is 4. The fourth-order valence-corrected chi connectivity index (χ4v) is 4.34. The zero-order valence-electron chi connectivity index (χ0n) is 28.8. The summed E-state index contributed by atoms with van der Waals surface area (Å²) in [6, 6.07) is 19.2. The lowest BCUT2D eigenvalue weighted by molar-refractivity contribution is -0.138. The molecular weight excluding hydrogens is 654 g/mol. The number of aliphatic imine (C=N–C) groups is 1. The Bertz CT molecular complexity index is 1660. The highest BCUT2D eigenvalue weighted by atomic mass is 16.5. The van der Waals surface area contributed by atoms with E-state index in [2.05, 4.69) is 18.2 Å². The minimum absolute atomic E-state index is 0.0392. The lowest BCUT2D eigenvalue weighted by Crippen LogP contribution is -2.09. The van der Waals surface area contributed by atoms with Gasteiger partial charge in [0.05, 0.1) is 39.2 Å². The Balaban J connectivity index is 1.46. The molecule has 0 heterocycles. The average Bonchev–Trinajstić information content (AvgIpc) is 3.16. The van der Waals surface area contributed by atoms with E-state index in [0.29, 0.717) is 37.9 Å². The number of carbonyl (C=O) groups excluding carboxylic acids is 4. The van der Waals surface area contributed by atoms with Crippen LogP contribution in [-0.2, 0) is 28.6 Å². The van der Waals surface area contributed by atoms with Crippen molar-refractivity contribution >= 4 is 41.9 Å². The number of nitrogens with zero attached hydrogens (tertiary/aromatic N) is 1. The standard InChI is InChI=1S/C40H43NO10/c1-4-37(42)49-26-10-6-8-24-47-33-18-12-30(13-19-33)16-23-39(44)51-36-22-17-32(28-35(36)40(45)46-3)41-29-31-14-20-34(21-15-31)48-25-9-7-11-27-50-38(43)5-2/h4-5,12-23,28-29H,1-2,6-11,24-27H2,3H3. The summed E-state index contributed by atoms with van der Waals surface area (Å²) in [6.45, 7) is 8.50. The second-order valence-electron chi connectivity index (χ2n) is 10.9. The maximum absolute atomic E-state index is 12.6. The number of carbonyl (C=O) groups is 4. The van der Waals surface area contributed by atoms with Crippen LogP contribution in [-0.4, -0.2) is 63.6 Å². The molecule has 11 heteroatoms. The second kappa shape index (κ2) is 22.6. The molecule has 0 saturated heterocycles. The summed E-state index contributed by atoms with van der Waals surface area (Å²) >= 11 is 0. The molecule has 0 saturated carbocycles. The van der Waals surface area contributed by atoms with Gasteiger partial charge in [-0.3, -0.25) is 4.99 Å². The summed E-state index contributed by atoms with van der Waals surface area (Å²) in [5, 5.41) is 0. The lowest BCUT2D eigenvalue weighted by Gasteiger charge is -2.08. The molecule has 3 rings (SSSR count). The molecule has 0 aliphatic carbocycles. The molecule has 268 valence electrons. The van der Waals surface area contributed by atoms with Crippen LogP contribution >= 0.6 is 0 Å². The van der Waals surface area contributed by atoms with E-state index >= 15 is 0 Å². The summed E-state index contributed by atoms with van der Waals surface area (Å²) in [5.41, 5.74) is 2.07.